The molecule has 1 aromatic carbocycles. The van der Waals surface area contributed by atoms with Crippen molar-refractivity contribution >= 4 is 16.9 Å². The van der Waals surface area contributed by atoms with Crippen molar-refractivity contribution in [3.63, 3.8) is 0 Å². The molecule has 4 heteroatoms. The lowest BCUT2D eigenvalue weighted by atomic mass is 10.0. The average molecular weight is 270 g/mol. The van der Waals surface area contributed by atoms with Crippen LogP contribution < -0.4 is 10.2 Å². The maximum Gasteiger partial charge on any atom is 0.147 e. The summed E-state index contributed by atoms with van der Waals surface area (Å²) in [7, 11) is 0. The van der Waals surface area contributed by atoms with Crippen LogP contribution in [0.15, 0.2) is 30.5 Å². The third kappa shape index (κ3) is 2.75. The highest BCUT2D eigenvalue weighted by atomic mass is 15.2. The number of nitrogens with zero attached hydrogens (tertiary/aromatic N) is 3. The predicted octanol–water partition coefficient (Wildman–Crippen LogP) is 2.45. The molecule has 1 aliphatic heterocycles. The third-order valence-corrected chi connectivity index (χ3v) is 4.06. The molecule has 20 heavy (non-hydrogen) atoms. The molecular weight excluding hydrogens is 248 g/mol. The fraction of sp³-hybridized carbons (Fsp3) is 0.500. The number of fused-ring (bicyclic) bond motifs is 1. The first-order valence-electron chi connectivity index (χ1n) is 7.44. The van der Waals surface area contributed by atoms with E-state index in [4.69, 9.17) is 4.98 Å². The molecule has 1 unspecified atom stereocenters. The van der Waals surface area contributed by atoms with Crippen molar-refractivity contribution in [3.8, 4) is 0 Å². The van der Waals surface area contributed by atoms with Crippen LogP contribution in [0.3, 0.4) is 0 Å². The van der Waals surface area contributed by atoms with Gasteiger partial charge < -0.3 is 10.2 Å². The molecule has 1 saturated heterocycles. The van der Waals surface area contributed by atoms with Gasteiger partial charge in [0.1, 0.15) is 5.82 Å². The highest BCUT2D eigenvalue weighted by Crippen LogP contribution is 2.18. The summed E-state index contributed by atoms with van der Waals surface area (Å²) >= 11 is 0. The van der Waals surface area contributed by atoms with Crippen LogP contribution in [0.4, 0.5) is 5.82 Å². The Labute approximate surface area is 120 Å². The van der Waals surface area contributed by atoms with E-state index in [1.807, 2.05) is 30.5 Å². The summed E-state index contributed by atoms with van der Waals surface area (Å²) in [5.41, 5.74) is 1.94. The van der Waals surface area contributed by atoms with E-state index < -0.39 is 0 Å². The van der Waals surface area contributed by atoms with Crippen LogP contribution in [0, 0.1) is 5.92 Å². The second-order valence-electron chi connectivity index (χ2n) is 5.80. The normalized spacial score (nSPS) is 20.4. The second kappa shape index (κ2) is 5.75. The summed E-state index contributed by atoms with van der Waals surface area (Å²) in [6.45, 7) is 7.61. The summed E-state index contributed by atoms with van der Waals surface area (Å²) in [6.07, 6.45) is 3.06. The maximum absolute atomic E-state index is 4.75. The lowest BCUT2D eigenvalue weighted by Crippen LogP contribution is -2.34. The van der Waals surface area contributed by atoms with Crippen molar-refractivity contribution in [3.05, 3.63) is 30.5 Å². The SMILES string of the molecule is CC(C)C1CCN(c2cnc3ccccc3n2)CCN1. The van der Waals surface area contributed by atoms with Crippen LogP contribution in [0.5, 0.6) is 0 Å². The van der Waals surface area contributed by atoms with Crippen LogP contribution in [0.1, 0.15) is 20.3 Å². The molecule has 1 aliphatic rings. The van der Waals surface area contributed by atoms with Gasteiger partial charge in [-0.05, 0) is 24.5 Å². The molecule has 0 bridgehead atoms. The molecule has 3 rings (SSSR count). The lowest BCUT2D eigenvalue weighted by molar-refractivity contribution is 0.403. The van der Waals surface area contributed by atoms with Crippen LogP contribution in [0.25, 0.3) is 11.0 Å². The maximum atomic E-state index is 4.75. The van der Waals surface area contributed by atoms with E-state index in [0.29, 0.717) is 12.0 Å². The number of benzene rings is 1. The van der Waals surface area contributed by atoms with E-state index in [1.165, 1.54) is 0 Å². The molecule has 2 aromatic rings. The van der Waals surface area contributed by atoms with Crippen molar-refractivity contribution in [1.29, 1.82) is 0 Å². The van der Waals surface area contributed by atoms with E-state index in [9.17, 15) is 0 Å². The molecule has 0 aliphatic carbocycles. The van der Waals surface area contributed by atoms with Crippen molar-refractivity contribution < 1.29 is 0 Å². The first-order valence-corrected chi connectivity index (χ1v) is 7.44. The zero-order valence-electron chi connectivity index (χ0n) is 12.2. The minimum atomic E-state index is 0.605. The molecular formula is C16H22N4. The summed E-state index contributed by atoms with van der Waals surface area (Å²) in [6, 6.07) is 8.65. The van der Waals surface area contributed by atoms with Gasteiger partial charge in [-0.3, -0.25) is 4.98 Å². The van der Waals surface area contributed by atoms with E-state index >= 15 is 0 Å². The van der Waals surface area contributed by atoms with Crippen LogP contribution >= 0.6 is 0 Å². The van der Waals surface area contributed by atoms with Crippen molar-refractivity contribution in [2.75, 3.05) is 24.5 Å². The summed E-state index contributed by atoms with van der Waals surface area (Å²) in [4.78, 5) is 11.6. The highest BCUT2D eigenvalue weighted by molar-refractivity contribution is 5.75. The van der Waals surface area contributed by atoms with Gasteiger partial charge in [0.25, 0.3) is 0 Å². The van der Waals surface area contributed by atoms with Gasteiger partial charge in [0.05, 0.1) is 17.2 Å². The fourth-order valence-electron chi connectivity index (χ4n) is 2.79. The Hall–Kier alpha value is -1.68. The number of anilines is 1. The Morgan fingerprint density at radius 1 is 1.20 bits per heavy atom. The first-order chi connectivity index (χ1) is 9.74. The van der Waals surface area contributed by atoms with Gasteiger partial charge >= 0.3 is 0 Å². The quantitative estimate of drug-likeness (QED) is 0.910. The Morgan fingerprint density at radius 3 is 2.80 bits per heavy atom. The number of aromatic nitrogens is 2. The second-order valence-corrected chi connectivity index (χ2v) is 5.80. The van der Waals surface area contributed by atoms with Gasteiger partial charge in [-0.2, -0.15) is 0 Å². The van der Waals surface area contributed by atoms with Gasteiger partial charge in [0.2, 0.25) is 0 Å². The summed E-state index contributed by atoms with van der Waals surface area (Å²) < 4.78 is 0. The molecule has 1 atom stereocenters. The van der Waals surface area contributed by atoms with E-state index in [1.54, 1.807) is 0 Å². The molecule has 2 heterocycles. The van der Waals surface area contributed by atoms with E-state index in [2.05, 4.69) is 29.0 Å². The van der Waals surface area contributed by atoms with Gasteiger partial charge in [-0.15, -0.1) is 0 Å². The molecule has 1 aromatic heterocycles. The fourth-order valence-corrected chi connectivity index (χ4v) is 2.79. The molecule has 0 spiro atoms. The third-order valence-electron chi connectivity index (χ3n) is 4.06. The van der Waals surface area contributed by atoms with Crippen LogP contribution in [-0.4, -0.2) is 35.6 Å². The molecule has 0 radical (unpaired) electrons. The lowest BCUT2D eigenvalue weighted by Gasteiger charge is -2.22. The molecule has 1 N–H and O–H groups in total. The molecule has 4 nitrogen and oxygen atoms in total. The average Bonchev–Trinajstić information content (AvgIpc) is 2.73. The van der Waals surface area contributed by atoms with Crippen LogP contribution in [-0.2, 0) is 0 Å². The van der Waals surface area contributed by atoms with Crippen molar-refractivity contribution in [2.45, 2.75) is 26.3 Å². The standard InChI is InChI=1S/C16H22N4/c1-12(2)13-7-9-20(10-8-17-13)16-11-18-14-5-3-4-6-15(14)19-16/h3-6,11-13,17H,7-10H2,1-2H3. The Balaban J connectivity index is 1.80. The monoisotopic (exact) mass is 270 g/mol. The molecule has 106 valence electrons. The number of para-hydroxylation sites is 2. The van der Waals surface area contributed by atoms with Gasteiger partial charge in [0.15, 0.2) is 0 Å². The summed E-state index contributed by atoms with van der Waals surface area (Å²) in [5, 5.41) is 3.63. The first kappa shape index (κ1) is 13.3. The number of nitrogens with one attached hydrogen (secondary N) is 1. The molecule has 1 fully saturated rings. The van der Waals surface area contributed by atoms with Crippen molar-refractivity contribution in [1.82, 2.24) is 15.3 Å². The minimum Gasteiger partial charge on any atom is -0.354 e. The molecule has 0 saturated carbocycles. The zero-order valence-corrected chi connectivity index (χ0v) is 12.2. The number of hydrogen-bond acceptors (Lipinski definition) is 4. The smallest absolute Gasteiger partial charge is 0.147 e. The Kier molecular flexibility index (Phi) is 3.83. The summed E-state index contributed by atoms with van der Waals surface area (Å²) in [5.74, 6) is 1.67. The van der Waals surface area contributed by atoms with E-state index in [0.717, 1.165) is 42.9 Å². The van der Waals surface area contributed by atoms with Gasteiger partial charge in [0, 0.05) is 25.7 Å². The molecule has 0 amide bonds. The van der Waals surface area contributed by atoms with Crippen molar-refractivity contribution in [2.24, 2.45) is 5.92 Å². The predicted molar refractivity (Wildman–Crippen MR) is 83.0 cm³/mol. The Morgan fingerprint density at radius 2 is 2.00 bits per heavy atom. The Bertz CT molecular complexity index is 581. The highest BCUT2D eigenvalue weighted by Gasteiger charge is 2.19. The number of rotatable bonds is 2. The van der Waals surface area contributed by atoms with Gasteiger partial charge in [-0.25, -0.2) is 4.98 Å². The topological polar surface area (TPSA) is 41.1 Å². The van der Waals surface area contributed by atoms with E-state index in [-0.39, 0.29) is 0 Å². The number of hydrogen-bond donors (Lipinski definition) is 1. The largest absolute Gasteiger partial charge is 0.354 e. The van der Waals surface area contributed by atoms with Crippen LogP contribution in [0.2, 0.25) is 0 Å². The minimum absolute atomic E-state index is 0.605. The van der Waals surface area contributed by atoms with Gasteiger partial charge in [-0.1, -0.05) is 26.0 Å². The zero-order chi connectivity index (χ0) is 13.9.